The standard InChI is InChI=1S/C23H26N2O3S/c1-15-16(2)29-23(24-22(26)19-7-6-14-28-19)20(15)21(25-12-4-5-13-25)17-8-10-18(27-3)11-9-17/h6-11,14,21H,4-5,12-13H2,1-3H3,(H,24,26)/p+1. The van der Waals surface area contributed by atoms with Crippen molar-refractivity contribution < 1.29 is 18.8 Å². The Morgan fingerprint density at radius 1 is 1.17 bits per heavy atom. The maximum Gasteiger partial charge on any atom is 0.291 e. The van der Waals surface area contributed by atoms with Crippen molar-refractivity contribution in [3.05, 3.63) is 70.0 Å². The molecule has 1 saturated heterocycles. The van der Waals surface area contributed by atoms with Crippen LogP contribution in [0.3, 0.4) is 0 Å². The van der Waals surface area contributed by atoms with Crippen molar-refractivity contribution >= 4 is 22.2 Å². The fourth-order valence-corrected chi connectivity index (χ4v) is 5.27. The van der Waals surface area contributed by atoms with E-state index in [1.807, 2.05) is 12.1 Å². The van der Waals surface area contributed by atoms with Crippen molar-refractivity contribution in [2.45, 2.75) is 32.7 Å². The number of carbonyl (C=O) groups is 1. The molecular formula is C23H27N2O3S+. The van der Waals surface area contributed by atoms with Crippen LogP contribution in [0.2, 0.25) is 0 Å². The predicted molar refractivity (Wildman–Crippen MR) is 115 cm³/mol. The second-order valence-electron chi connectivity index (χ2n) is 7.53. The Balaban J connectivity index is 1.76. The minimum atomic E-state index is -0.206. The highest BCUT2D eigenvalue weighted by atomic mass is 32.1. The van der Waals surface area contributed by atoms with E-state index in [0.29, 0.717) is 5.76 Å². The number of thiophene rings is 1. The molecule has 1 atom stereocenters. The summed E-state index contributed by atoms with van der Waals surface area (Å²) in [6.45, 7) is 6.55. The number of amides is 1. The van der Waals surface area contributed by atoms with Gasteiger partial charge in [0.05, 0.1) is 32.0 Å². The zero-order valence-electron chi connectivity index (χ0n) is 17.1. The molecule has 5 nitrogen and oxygen atoms in total. The van der Waals surface area contributed by atoms with Crippen molar-refractivity contribution in [2.75, 3.05) is 25.5 Å². The fraction of sp³-hybridized carbons (Fsp3) is 0.348. The Kier molecular flexibility index (Phi) is 5.74. The number of carbonyl (C=O) groups excluding carboxylic acids is 1. The molecule has 0 saturated carbocycles. The first kappa shape index (κ1) is 19.7. The number of hydrogen-bond donors (Lipinski definition) is 2. The second kappa shape index (κ2) is 8.43. The lowest BCUT2D eigenvalue weighted by Crippen LogP contribution is -3.10. The number of benzene rings is 1. The number of aryl methyl sites for hydroxylation is 1. The quantitative estimate of drug-likeness (QED) is 0.645. The summed E-state index contributed by atoms with van der Waals surface area (Å²) in [6, 6.07) is 11.9. The van der Waals surface area contributed by atoms with E-state index in [4.69, 9.17) is 9.15 Å². The first-order chi connectivity index (χ1) is 14.1. The van der Waals surface area contributed by atoms with Gasteiger partial charge in [0, 0.05) is 23.3 Å². The lowest BCUT2D eigenvalue weighted by atomic mass is 9.95. The Hall–Kier alpha value is -2.57. The molecule has 2 aromatic heterocycles. The molecule has 0 radical (unpaired) electrons. The average Bonchev–Trinajstić information content (AvgIpc) is 3.49. The number of rotatable bonds is 6. The summed E-state index contributed by atoms with van der Waals surface area (Å²) in [6.07, 6.45) is 3.99. The van der Waals surface area contributed by atoms with Crippen LogP contribution in [-0.4, -0.2) is 26.1 Å². The van der Waals surface area contributed by atoms with Crippen LogP contribution >= 0.6 is 11.3 Å². The van der Waals surface area contributed by atoms with Crippen LogP contribution < -0.4 is 15.0 Å². The molecule has 152 valence electrons. The molecule has 1 amide bonds. The molecule has 3 aromatic rings. The van der Waals surface area contributed by atoms with Crippen LogP contribution in [0, 0.1) is 13.8 Å². The zero-order valence-corrected chi connectivity index (χ0v) is 17.9. The molecule has 6 heteroatoms. The van der Waals surface area contributed by atoms with Crippen LogP contribution in [0.1, 0.15) is 51.0 Å². The van der Waals surface area contributed by atoms with E-state index < -0.39 is 0 Å². The van der Waals surface area contributed by atoms with Crippen LogP contribution in [0.15, 0.2) is 47.1 Å². The number of hydrogen-bond acceptors (Lipinski definition) is 4. The monoisotopic (exact) mass is 411 g/mol. The van der Waals surface area contributed by atoms with Gasteiger partial charge in [0.25, 0.3) is 5.91 Å². The molecule has 0 aliphatic carbocycles. The minimum absolute atomic E-state index is 0.181. The molecule has 1 aromatic carbocycles. The van der Waals surface area contributed by atoms with E-state index in [0.717, 1.165) is 23.8 Å². The fourth-order valence-electron chi connectivity index (χ4n) is 4.18. The number of ether oxygens (including phenoxy) is 1. The van der Waals surface area contributed by atoms with Gasteiger partial charge in [-0.1, -0.05) is 0 Å². The van der Waals surface area contributed by atoms with Gasteiger partial charge < -0.3 is 19.4 Å². The normalized spacial score (nSPS) is 15.4. The van der Waals surface area contributed by atoms with Gasteiger partial charge in [0.2, 0.25) is 0 Å². The number of anilines is 1. The maximum atomic E-state index is 12.7. The molecule has 1 fully saturated rings. The first-order valence-corrected chi connectivity index (χ1v) is 10.8. The van der Waals surface area contributed by atoms with Crippen LogP contribution in [0.25, 0.3) is 0 Å². The second-order valence-corrected chi connectivity index (χ2v) is 8.75. The molecule has 1 aliphatic heterocycles. The van der Waals surface area contributed by atoms with Gasteiger partial charge in [0.1, 0.15) is 16.8 Å². The average molecular weight is 412 g/mol. The summed E-state index contributed by atoms with van der Waals surface area (Å²) >= 11 is 1.64. The molecule has 0 bridgehead atoms. The molecule has 3 heterocycles. The molecular weight excluding hydrogens is 384 g/mol. The van der Waals surface area contributed by atoms with Crippen molar-refractivity contribution in [3.8, 4) is 5.75 Å². The summed E-state index contributed by atoms with van der Waals surface area (Å²) in [5.41, 5.74) is 3.72. The summed E-state index contributed by atoms with van der Waals surface area (Å²) in [5.74, 6) is 0.977. The molecule has 0 spiro atoms. The van der Waals surface area contributed by atoms with Gasteiger partial charge in [-0.15, -0.1) is 11.3 Å². The van der Waals surface area contributed by atoms with Crippen LogP contribution in [0.4, 0.5) is 5.00 Å². The maximum absolute atomic E-state index is 12.7. The third-order valence-corrected chi connectivity index (χ3v) is 6.93. The molecule has 4 rings (SSSR count). The smallest absolute Gasteiger partial charge is 0.291 e. The van der Waals surface area contributed by atoms with Gasteiger partial charge in [0.15, 0.2) is 5.76 Å². The minimum Gasteiger partial charge on any atom is -0.497 e. The summed E-state index contributed by atoms with van der Waals surface area (Å²) in [7, 11) is 1.69. The van der Waals surface area contributed by atoms with Crippen molar-refractivity contribution in [1.82, 2.24) is 0 Å². The molecule has 1 unspecified atom stereocenters. The van der Waals surface area contributed by atoms with Crippen molar-refractivity contribution in [3.63, 3.8) is 0 Å². The molecule has 1 aliphatic rings. The number of quaternary nitrogens is 1. The number of furan rings is 1. The third-order valence-electron chi connectivity index (χ3n) is 5.80. The van der Waals surface area contributed by atoms with Crippen LogP contribution in [-0.2, 0) is 0 Å². The lowest BCUT2D eigenvalue weighted by molar-refractivity contribution is -0.913. The van der Waals surface area contributed by atoms with Crippen molar-refractivity contribution in [1.29, 1.82) is 0 Å². The van der Waals surface area contributed by atoms with Gasteiger partial charge >= 0.3 is 0 Å². The Labute approximate surface area is 175 Å². The van der Waals surface area contributed by atoms with Crippen LogP contribution in [0.5, 0.6) is 5.75 Å². The highest BCUT2D eigenvalue weighted by Crippen LogP contribution is 2.39. The Bertz CT molecular complexity index is 970. The Morgan fingerprint density at radius 2 is 1.90 bits per heavy atom. The van der Waals surface area contributed by atoms with E-state index in [1.54, 1.807) is 35.5 Å². The summed E-state index contributed by atoms with van der Waals surface area (Å²) in [4.78, 5) is 15.5. The SMILES string of the molecule is COc1ccc(C(c2c(NC(=O)c3ccco3)sc(C)c2C)[NH+]2CCCC2)cc1. The first-order valence-electron chi connectivity index (χ1n) is 10.0. The summed E-state index contributed by atoms with van der Waals surface area (Å²) < 4.78 is 10.6. The van der Waals surface area contributed by atoms with Gasteiger partial charge in [-0.05, 0) is 55.8 Å². The van der Waals surface area contributed by atoms with E-state index in [-0.39, 0.29) is 11.9 Å². The highest BCUT2D eigenvalue weighted by molar-refractivity contribution is 7.16. The van der Waals surface area contributed by atoms with Crippen molar-refractivity contribution in [2.24, 2.45) is 0 Å². The van der Waals surface area contributed by atoms with Gasteiger partial charge in [-0.2, -0.15) is 0 Å². The molecule has 29 heavy (non-hydrogen) atoms. The largest absolute Gasteiger partial charge is 0.497 e. The van der Waals surface area contributed by atoms with Gasteiger partial charge in [-0.25, -0.2) is 0 Å². The van der Waals surface area contributed by atoms with E-state index in [2.05, 4.69) is 31.3 Å². The Morgan fingerprint density at radius 3 is 2.52 bits per heavy atom. The number of nitrogens with one attached hydrogen (secondary N) is 2. The molecule has 2 N–H and O–H groups in total. The van der Waals surface area contributed by atoms with E-state index in [9.17, 15) is 4.79 Å². The van der Waals surface area contributed by atoms with E-state index >= 15 is 0 Å². The number of likely N-dealkylation sites (tertiary alicyclic amines) is 1. The van der Waals surface area contributed by atoms with E-state index in [1.165, 1.54) is 40.7 Å². The highest BCUT2D eigenvalue weighted by Gasteiger charge is 2.34. The summed E-state index contributed by atoms with van der Waals surface area (Å²) in [5, 5.41) is 4.04. The third kappa shape index (κ3) is 3.95. The topological polar surface area (TPSA) is 55.9 Å². The lowest BCUT2D eigenvalue weighted by Gasteiger charge is -2.26. The van der Waals surface area contributed by atoms with Gasteiger partial charge in [-0.3, -0.25) is 4.79 Å². The predicted octanol–water partition coefficient (Wildman–Crippen LogP) is 3.99. The zero-order chi connectivity index (χ0) is 20.4. The number of methoxy groups -OCH3 is 1.